The van der Waals surface area contributed by atoms with E-state index in [2.05, 4.69) is 20.8 Å². The Morgan fingerprint density at radius 2 is 2.14 bits per heavy atom. The molecule has 0 aliphatic rings. The number of imidazole rings is 1. The van der Waals surface area contributed by atoms with Gasteiger partial charge in [0.25, 0.3) is 0 Å². The van der Waals surface area contributed by atoms with Crippen LogP contribution < -0.4 is 0 Å². The number of benzene rings is 1. The molecule has 22 heavy (non-hydrogen) atoms. The number of fused-ring (bicyclic) bond motifs is 1. The zero-order valence-electron chi connectivity index (χ0n) is 11.9. The number of ether oxygens (including phenoxy) is 1. The number of esters is 1. The van der Waals surface area contributed by atoms with Crippen molar-refractivity contribution in [2.75, 3.05) is 7.11 Å². The SMILES string of the molecule is COC(=O)c1ccc(-c2nc(CC#N)c3cnccn23)cc1. The van der Waals surface area contributed by atoms with Gasteiger partial charge in [-0.2, -0.15) is 5.26 Å². The quantitative estimate of drug-likeness (QED) is 0.692. The maximum absolute atomic E-state index is 11.5. The molecule has 6 heteroatoms. The van der Waals surface area contributed by atoms with Crippen molar-refractivity contribution in [3.8, 4) is 17.5 Å². The van der Waals surface area contributed by atoms with Crippen molar-refractivity contribution in [1.29, 1.82) is 5.26 Å². The third-order valence-electron chi connectivity index (χ3n) is 3.33. The minimum atomic E-state index is -0.381. The lowest BCUT2D eigenvalue weighted by Crippen LogP contribution is -2.00. The van der Waals surface area contributed by atoms with Gasteiger partial charge in [-0.3, -0.25) is 9.38 Å². The van der Waals surface area contributed by atoms with Gasteiger partial charge in [-0.1, -0.05) is 12.1 Å². The highest BCUT2D eigenvalue weighted by Crippen LogP contribution is 2.23. The van der Waals surface area contributed by atoms with E-state index in [1.165, 1.54) is 7.11 Å². The molecule has 2 heterocycles. The largest absolute Gasteiger partial charge is 0.465 e. The number of methoxy groups -OCH3 is 1. The van der Waals surface area contributed by atoms with Crippen LogP contribution in [0.5, 0.6) is 0 Å². The van der Waals surface area contributed by atoms with E-state index in [4.69, 9.17) is 5.26 Å². The van der Waals surface area contributed by atoms with Crippen molar-refractivity contribution >= 4 is 11.5 Å². The fourth-order valence-electron chi connectivity index (χ4n) is 2.28. The molecule has 108 valence electrons. The van der Waals surface area contributed by atoms with Gasteiger partial charge in [0.2, 0.25) is 0 Å². The van der Waals surface area contributed by atoms with Crippen LogP contribution in [0.1, 0.15) is 16.1 Å². The normalized spacial score (nSPS) is 10.4. The minimum absolute atomic E-state index is 0.218. The number of rotatable bonds is 3. The molecule has 1 aromatic carbocycles. The van der Waals surface area contributed by atoms with Gasteiger partial charge in [0, 0.05) is 18.0 Å². The molecule has 3 aromatic rings. The minimum Gasteiger partial charge on any atom is -0.465 e. The Morgan fingerprint density at radius 1 is 1.36 bits per heavy atom. The van der Waals surface area contributed by atoms with Gasteiger partial charge in [0.1, 0.15) is 5.82 Å². The van der Waals surface area contributed by atoms with Crippen LogP contribution in [-0.2, 0) is 11.2 Å². The summed E-state index contributed by atoms with van der Waals surface area (Å²) in [6.45, 7) is 0. The predicted molar refractivity (Wildman–Crippen MR) is 79.1 cm³/mol. The van der Waals surface area contributed by atoms with E-state index in [1.54, 1.807) is 42.9 Å². The second-order valence-electron chi connectivity index (χ2n) is 4.62. The Balaban J connectivity index is 2.10. The third kappa shape index (κ3) is 2.29. The first-order valence-electron chi connectivity index (χ1n) is 6.61. The maximum Gasteiger partial charge on any atom is 0.337 e. The van der Waals surface area contributed by atoms with E-state index in [1.807, 2.05) is 4.40 Å². The predicted octanol–water partition coefficient (Wildman–Crippen LogP) is 2.25. The molecule has 6 nitrogen and oxygen atoms in total. The number of aromatic nitrogens is 3. The number of carbonyl (C=O) groups excluding carboxylic acids is 1. The number of hydrogen-bond donors (Lipinski definition) is 0. The highest BCUT2D eigenvalue weighted by Gasteiger charge is 2.13. The average Bonchev–Trinajstić information content (AvgIpc) is 2.94. The standard InChI is InChI=1S/C16H12N4O2/c1-22-16(21)12-4-2-11(3-5-12)15-19-13(6-7-17)14-10-18-8-9-20(14)15/h2-5,8-10H,6H2,1H3. The van der Waals surface area contributed by atoms with E-state index < -0.39 is 0 Å². The number of hydrogen-bond acceptors (Lipinski definition) is 5. The topological polar surface area (TPSA) is 80.3 Å². The lowest BCUT2D eigenvalue weighted by Gasteiger charge is -2.02. The van der Waals surface area contributed by atoms with Crippen molar-refractivity contribution in [2.24, 2.45) is 0 Å². The van der Waals surface area contributed by atoms with Crippen molar-refractivity contribution < 1.29 is 9.53 Å². The Kier molecular flexibility index (Phi) is 3.54. The monoisotopic (exact) mass is 292 g/mol. The molecule has 0 aliphatic carbocycles. The molecule has 3 rings (SSSR count). The first-order chi connectivity index (χ1) is 10.7. The van der Waals surface area contributed by atoms with Crippen LogP contribution in [0, 0.1) is 11.3 Å². The lowest BCUT2D eigenvalue weighted by atomic mass is 10.1. The molecule has 0 N–H and O–H groups in total. The molecule has 0 bridgehead atoms. The molecule has 0 radical (unpaired) electrons. The maximum atomic E-state index is 11.5. The number of carbonyl (C=O) groups is 1. The molecular formula is C16H12N4O2. The molecule has 0 saturated carbocycles. The van der Waals surface area contributed by atoms with Crippen LogP contribution >= 0.6 is 0 Å². The van der Waals surface area contributed by atoms with E-state index in [0.717, 1.165) is 11.1 Å². The zero-order chi connectivity index (χ0) is 15.5. The second-order valence-corrected chi connectivity index (χ2v) is 4.62. The van der Waals surface area contributed by atoms with Gasteiger partial charge in [-0.25, -0.2) is 9.78 Å². The van der Waals surface area contributed by atoms with E-state index in [9.17, 15) is 4.79 Å². The van der Waals surface area contributed by atoms with E-state index in [0.29, 0.717) is 17.1 Å². The summed E-state index contributed by atoms with van der Waals surface area (Å²) in [5.74, 6) is 0.327. The van der Waals surface area contributed by atoms with Crippen molar-refractivity contribution in [1.82, 2.24) is 14.4 Å². The highest BCUT2D eigenvalue weighted by atomic mass is 16.5. The summed E-state index contributed by atoms with van der Waals surface area (Å²) in [6, 6.07) is 9.09. The lowest BCUT2D eigenvalue weighted by molar-refractivity contribution is 0.0601. The van der Waals surface area contributed by atoms with Crippen LogP contribution in [0.15, 0.2) is 42.9 Å². The summed E-state index contributed by atoms with van der Waals surface area (Å²) in [6.07, 6.45) is 5.37. The van der Waals surface area contributed by atoms with Crippen LogP contribution in [0.3, 0.4) is 0 Å². The molecule has 0 aliphatic heterocycles. The Morgan fingerprint density at radius 3 is 2.82 bits per heavy atom. The van der Waals surface area contributed by atoms with Crippen LogP contribution in [-0.4, -0.2) is 27.4 Å². The molecule has 0 unspecified atom stereocenters. The molecular weight excluding hydrogens is 280 g/mol. The zero-order valence-corrected chi connectivity index (χ0v) is 11.9. The van der Waals surface area contributed by atoms with Gasteiger partial charge >= 0.3 is 5.97 Å². The summed E-state index contributed by atoms with van der Waals surface area (Å²) in [5, 5.41) is 8.91. The summed E-state index contributed by atoms with van der Waals surface area (Å²) < 4.78 is 6.57. The summed E-state index contributed by atoms with van der Waals surface area (Å²) >= 11 is 0. The summed E-state index contributed by atoms with van der Waals surface area (Å²) in [7, 11) is 1.35. The highest BCUT2D eigenvalue weighted by molar-refractivity contribution is 5.89. The fraction of sp³-hybridized carbons (Fsp3) is 0.125. The molecule has 2 aromatic heterocycles. The van der Waals surface area contributed by atoms with Crippen LogP contribution in [0.2, 0.25) is 0 Å². The number of nitriles is 1. The molecule has 0 fully saturated rings. The van der Waals surface area contributed by atoms with E-state index >= 15 is 0 Å². The van der Waals surface area contributed by atoms with Crippen molar-refractivity contribution in [3.63, 3.8) is 0 Å². The molecule has 0 atom stereocenters. The summed E-state index contributed by atoms with van der Waals surface area (Å²) in [5.41, 5.74) is 2.81. The molecule has 0 saturated heterocycles. The summed E-state index contributed by atoms with van der Waals surface area (Å²) in [4.78, 5) is 20.1. The van der Waals surface area contributed by atoms with Gasteiger partial charge in [0.05, 0.1) is 42.6 Å². The Bertz CT molecular complexity index is 875. The fourth-order valence-corrected chi connectivity index (χ4v) is 2.28. The van der Waals surface area contributed by atoms with Crippen molar-refractivity contribution in [2.45, 2.75) is 6.42 Å². The van der Waals surface area contributed by atoms with Crippen LogP contribution in [0.25, 0.3) is 16.9 Å². The molecule has 0 amide bonds. The first kappa shape index (κ1) is 13.8. The second kappa shape index (κ2) is 5.66. The smallest absolute Gasteiger partial charge is 0.337 e. The van der Waals surface area contributed by atoms with E-state index in [-0.39, 0.29) is 12.4 Å². The van der Waals surface area contributed by atoms with Crippen molar-refractivity contribution in [3.05, 3.63) is 54.1 Å². The van der Waals surface area contributed by atoms with Gasteiger partial charge in [0.15, 0.2) is 0 Å². The first-order valence-corrected chi connectivity index (χ1v) is 6.61. The number of nitrogens with zero attached hydrogens (tertiary/aromatic N) is 4. The third-order valence-corrected chi connectivity index (χ3v) is 3.33. The Hall–Kier alpha value is -3.20. The van der Waals surface area contributed by atoms with Gasteiger partial charge in [-0.15, -0.1) is 0 Å². The van der Waals surface area contributed by atoms with Gasteiger partial charge in [-0.05, 0) is 12.1 Å². The van der Waals surface area contributed by atoms with Crippen LogP contribution in [0.4, 0.5) is 0 Å². The van der Waals surface area contributed by atoms with Gasteiger partial charge < -0.3 is 4.74 Å². The Labute approximate surface area is 126 Å². The molecule has 0 spiro atoms. The average molecular weight is 292 g/mol.